The fourth-order valence-corrected chi connectivity index (χ4v) is 6.80. The summed E-state index contributed by atoms with van der Waals surface area (Å²) in [5, 5.41) is 16.5. The standard InChI is InChI=1S/C21H24N4O2.C14H17NO4.C7H11N3.C2H4O2/c1-14-12-15(2)22-20-18(14)23-19(24-20)17-10-6-7-11-25(17)21(26)27-13-16-8-4-3-5-9-16;16-13(17)12-8-4-5-9-15(12)14(18)19-10-11-6-2-1-3-7-11;1-4-3-5(2)10-7(9)6(4)8;1-2(3)4/h3-5,8-9,12,17H,6-7,10-11,13H2,1-2H3,(H,22,23,24);1-3,6-7,12H,4-5,8-10H2,(H,16,17);3H,8H2,1-2H3,(H2,9,10);1H3,(H,3,4)/t17-;12-;;/m00../s1. The summed E-state index contributed by atoms with van der Waals surface area (Å²) >= 11 is 0. The molecule has 0 spiro atoms. The number of nitrogen functional groups attached to an aromatic ring is 2. The molecular formula is C44H56N8O8. The molecule has 2 fully saturated rings. The van der Waals surface area contributed by atoms with Gasteiger partial charge in [-0.2, -0.15) is 0 Å². The third-order valence-electron chi connectivity index (χ3n) is 9.71. The number of rotatable bonds is 6. The molecule has 2 aliphatic heterocycles. The van der Waals surface area contributed by atoms with Gasteiger partial charge < -0.3 is 36.1 Å². The number of amides is 2. The number of hydrogen-bond donors (Lipinski definition) is 5. The summed E-state index contributed by atoms with van der Waals surface area (Å²) in [7, 11) is 0. The normalized spacial score (nSPS) is 15.8. The lowest BCUT2D eigenvalue weighted by Crippen LogP contribution is -2.48. The van der Waals surface area contributed by atoms with Crippen LogP contribution in [0.3, 0.4) is 0 Å². The summed E-state index contributed by atoms with van der Waals surface area (Å²) < 4.78 is 10.7. The van der Waals surface area contributed by atoms with E-state index in [1.807, 2.05) is 100 Å². The van der Waals surface area contributed by atoms with E-state index in [9.17, 15) is 14.4 Å². The number of aliphatic carboxylic acids is 2. The number of anilines is 2. The molecule has 7 rings (SSSR count). The van der Waals surface area contributed by atoms with Crippen LogP contribution in [0.25, 0.3) is 11.2 Å². The third kappa shape index (κ3) is 13.7. The Balaban J connectivity index is 0.000000208. The number of hydrogen-bond acceptors (Lipinski definition) is 11. The molecule has 0 aliphatic carbocycles. The lowest BCUT2D eigenvalue weighted by molar-refractivity contribution is -0.144. The quantitative estimate of drug-likeness (QED) is 0.111. The second-order valence-electron chi connectivity index (χ2n) is 14.6. The Hall–Kier alpha value is -6.71. The average Bonchev–Trinajstić information content (AvgIpc) is 3.66. The number of carbonyl (C=O) groups excluding carboxylic acids is 2. The predicted octanol–water partition coefficient (Wildman–Crippen LogP) is 7.65. The number of aryl methyl sites for hydroxylation is 4. The summed E-state index contributed by atoms with van der Waals surface area (Å²) in [6.07, 6.45) is 4.24. The maximum atomic E-state index is 12.7. The number of ether oxygens (including phenoxy) is 2. The number of benzene rings is 2. The molecule has 2 aliphatic rings. The molecule has 0 saturated carbocycles. The number of nitrogens with two attached hydrogens (primary N) is 2. The Morgan fingerprint density at radius 3 is 1.77 bits per heavy atom. The minimum absolute atomic E-state index is 0.101. The molecule has 0 unspecified atom stereocenters. The fraction of sp³-hybridized carbons (Fsp3) is 0.386. The molecular weight excluding hydrogens is 769 g/mol. The number of aromatic amines is 1. The number of carboxylic acid groups (broad SMARTS) is 2. The minimum Gasteiger partial charge on any atom is -0.481 e. The van der Waals surface area contributed by atoms with Crippen molar-refractivity contribution < 1.29 is 38.9 Å². The highest BCUT2D eigenvalue weighted by molar-refractivity contribution is 5.80. The number of carbonyl (C=O) groups is 4. The molecule has 320 valence electrons. The van der Waals surface area contributed by atoms with Crippen LogP contribution in [0.1, 0.15) is 91.0 Å². The zero-order valence-electron chi connectivity index (χ0n) is 34.9. The van der Waals surface area contributed by atoms with Crippen LogP contribution in [0, 0.1) is 27.7 Å². The number of imidazole rings is 1. The fourth-order valence-electron chi connectivity index (χ4n) is 6.80. The highest BCUT2D eigenvalue weighted by Gasteiger charge is 2.33. The maximum absolute atomic E-state index is 12.7. The highest BCUT2D eigenvalue weighted by atomic mass is 16.6. The zero-order valence-corrected chi connectivity index (χ0v) is 34.9. The maximum Gasteiger partial charge on any atom is 0.410 e. The van der Waals surface area contributed by atoms with Crippen molar-refractivity contribution in [1.82, 2.24) is 29.7 Å². The molecule has 5 heterocycles. The Labute approximate surface area is 349 Å². The molecule has 7 N–H and O–H groups in total. The molecule has 0 bridgehead atoms. The second-order valence-corrected chi connectivity index (χ2v) is 14.6. The van der Waals surface area contributed by atoms with E-state index in [-0.39, 0.29) is 25.3 Å². The van der Waals surface area contributed by atoms with Crippen molar-refractivity contribution in [2.24, 2.45) is 0 Å². The van der Waals surface area contributed by atoms with E-state index in [1.54, 1.807) is 4.90 Å². The monoisotopic (exact) mass is 824 g/mol. The largest absolute Gasteiger partial charge is 0.481 e. The number of likely N-dealkylation sites (tertiary alicyclic amines) is 2. The van der Waals surface area contributed by atoms with Gasteiger partial charge in [0.1, 0.15) is 30.9 Å². The van der Waals surface area contributed by atoms with Crippen molar-refractivity contribution in [2.45, 2.75) is 98.4 Å². The summed E-state index contributed by atoms with van der Waals surface area (Å²) in [6.45, 7) is 10.5. The van der Waals surface area contributed by atoms with E-state index in [1.165, 1.54) is 4.90 Å². The Kier molecular flexibility index (Phi) is 17.2. The van der Waals surface area contributed by atoms with E-state index >= 15 is 0 Å². The van der Waals surface area contributed by atoms with Gasteiger partial charge in [-0.1, -0.05) is 60.7 Å². The van der Waals surface area contributed by atoms with Crippen LogP contribution in [0.5, 0.6) is 0 Å². The molecule has 2 atom stereocenters. The first kappa shape index (κ1) is 46.0. The molecule has 3 aromatic heterocycles. The SMILES string of the molecule is CC(=O)O.Cc1cc(C)c(N)c(N)n1.Cc1cc(C)c2[nH]c([C@@H]3CCCCN3C(=O)OCc3ccccc3)nc2n1.O=C(O)[C@@H]1CCCCN1C(=O)OCc1ccccc1. The van der Waals surface area contributed by atoms with Crippen LogP contribution in [0.4, 0.5) is 21.1 Å². The van der Waals surface area contributed by atoms with Crippen LogP contribution in [-0.2, 0) is 32.3 Å². The molecule has 0 radical (unpaired) electrons. The predicted molar refractivity (Wildman–Crippen MR) is 228 cm³/mol. The van der Waals surface area contributed by atoms with Crippen molar-refractivity contribution in [2.75, 3.05) is 24.6 Å². The van der Waals surface area contributed by atoms with Gasteiger partial charge in [-0.15, -0.1) is 0 Å². The van der Waals surface area contributed by atoms with Gasteiger partial charge >= 0.3 is 18.2 Å². The first-order valence-corrected chi connectivity index (χ1v) is 19.8. The highest BCUT2D eigenvalue weighted by Crippen LogP contribution is 2.31. The number of pyridine rings is 2. The van der Waals surface area contributed by atoms with Gasteiger partial charge in [0, 0.05) is 31.4 Å². The van der Waals surface area contributed by atoms with Gasteiger partial charge in [0.15, 0.2) is 5.65 Å². The number of nitrogens with one attached hydrogen (secondary N) is 1. The number of nitrogens with zero attached hydrogens (tertiary/aromatic N) is 5. The Bertz CT molecular complexity index is 2170. The second kappa shape index (κ2) is 22.4. The molecule has 16 nitrogen and oxygen atoms in total. The summed E-state index contributed by atoms with van der Waals surface area (Å²) in [5.74, 6) is -0.573. The van der Waals surface area contributed by atoms with Gasteiger partial charge in [-0.25, -0.2) is 29.3 Å². The molecule has 60 heavy (non-hydrogen) atoms. The molecule has 2 aromatic carbocycles. The van der Waals surface area contributed by atoms with Crippen molar-refractivity contribution >= 4 is 46.8 Å². The minimum atomic E-state index is -0.962. The molecule has 16 heteroatoms. The van der Waals surface area contributed by atoms with E-state index in [0.29, 0.717) is 36.7 Å². The van der Waals surface area contributed by atoms with E-state index in [4.69, 9.17) is 40.9 Å². The summed E-state index contributed by atoms with van der Waals surface area (Å²) in [6, 6.07) is 22.2. The number of H-pyrrole nitrogens is 1. The van der Waals surface area contributed by atoms with Crippen LogP contribution in [0.2, 0.25) is 0 Å². The van der Waals surface area contributed by atoms with Crippen LogP contribution in [0.15, 0.2) is 72.8 Å². The lowest BCUT2D eigenvalue weighted by Gasteiger charge is -2.33. The van der Waals surface area contributed by atoms with Gasteiger partial charge in [0.05, 0.1) is 17.2 Å². The van der Waals surface area contributed by atoms with Crippen molar-refractivity contribution in [3.63, 3.8) is 0 Å². The average molecular weight is 825 g/mol. The van der Waals surface area contributed by atoms with Gasteiger partial charge in [0.2, 0.25) is 0 Å². The van der Waals surface area contributed by atoms with Crippen molar-refractivity contribution in [3.8, 4) is 0 Å². The van der Waals surface area contributed by atoms with Crippen molar-refractivity contribution in [1.29, 1.82) is 0 Å². The van der Waals surface area contributed by atoms with E-state index in [0.717, 1.165) is 84.0 Å². The number of piperidine rings is 2. The molecule has 2 saturated heterocycles. The van der Waals surface area contributed by atoms with Crippen LogP contribution in [-0.4, -0.2) is 83.2 Å². The van der Waals surface area contributed by atoms with E-state index in [2.05, 4.69) is 15.0 Å². The first-order valence-electron chi connectivity index (χ1n) is 19.8. The number of carboxylic acids is 2. The van der Waals surface area contributed by atoms with Crippen molar-refractivity contribution in [3.05, 3.63) is 112 Å². The summed E-state index contributed by atoms with van der Waals surface area (Å²) in [4.78, 5) is 64.5. The first-order chi connectivity index (χ1) is 28.6. The van der Waals surface area contributed by atoms with Gasteiger partial charge in [0.25, 0.3) is 5.97 Å². The topological polar surface area (TPSA) is 240 Å². The van der Waals surface area contributed by atoms with Gasteiger partial charge in [-0.05, 0) is 101 Å². The van der Waals surface area contributed by atoms with E-state index < -0.39 is 24.1 Å². The number of aromatic nitrogens is 4. The molecule has 5 aromatic rings. The smallest absolute Gasteiger partial charge is 0.410 e. The molecule has 2 amide bonds. The summed E-state index contributed by atoms with van der Waals surface area (Å²) in [5.41, 5.74) is 19.1. The zero-order chi connectivity index (χ0) is 43.8. The third-order valence-corrected chi connectivity index (χ3v) is 9.71. The Morgan fingerprint density at radius 1 is 0.717 bits per heavy atom. The van der Waals surface area contributed by atoms with Gasteiger partial charge in [-0.3, -0.25) is 14.6 Å². The van der Waals surface area contributed by atoms with Crippen LogP contribution >= 0.6 is 0 Å². The van der Waals surface area contributed by atoms with Crippen LogP contribution < -0.4 is 11.5 Å². The lowest BCUT2D eigenvalue weighted by atomic mass is 10.0. The number of fused-ring (bicyclic) bond motifs is 1. The Morgan fingerprint density at radius 2 is 1.22 bits per heavy atom.